The number of thiazole rings is 1. The minimum atomic E-state index is -1.50. The summed E-state index contributed by atoms with van der Waals surface area (Å²) < 4.78 is 3.11. The SMILES string of the molecule is CO/N=C(/C(=O)N[C@@H]1C(=O)N2C(C(=O)[O-])=C(C[n+]3cccc(-c4nc(N)n(CCO)n4)c3)CS[C@H]12)c1csc(N)n1. The number of thioether (sulfide) groups is 1. The van der Waals surface area contributed by atoms with Gasteiger partial charge < -0.3 is 36.6 Å². The largest absolute Gasteiger partial charge is 0.543 e. The van der Waals surface area contributed by atoms with Crippen molar-refractivity contribution < 1.29 is 34.0 Å². The summed E-state index contributed by atoms with van der Waals surface area (Å²) in [4.78, 5) is 52.4. The van der Waals surface area contributed by atoms with Gasteiger partial charge in [0.1, 0.15) is 24.2 Å². The van der Waals surface area contributed by atoms with Gasteiger partial charge in [0.2, 0.25) is 5.95 Å². The fourth-order valence-electron chi connectivity index (χ4n) is 4.40. The van der Waals surface area contributed by atoms with Gasteiger partial charge in [0, 0.05) is 22.8 Å². The van der Waals surface area contributed by atoms with Crippen LogP contribution in [-0.4, -0.2) is 84.1 Å². The molecule has 5 heterocycles. The van der Waals surface area contributed by atoms with Crippen molar-refractivity contribution in [3.8, 4) is 11.4 Å². The van der Waals surface area contributed by atoms with Crippen molar-refractivity contribution in [3.05, 3.63) is 46.9 Å². The highest BCUT2D eigenvalue weighted by molar-refractivity contribution is 8.00. The second kappa shape index (κ2) is 11.5. The predicted molar refractivity (Wildman–Crippen MR) is 144 cm³/mol. The molecule has 1 saturated heterocycles. The number of aromatic nitrogens is 5. The molecule has 41 heavy (non-hydrogen) atoms. The Labute approximate surface area is 240 Å². The second-order valence-corrected chi connectivity index (χ2v) is 10.8. The molecule has 2 aliphatic heterocycles. The van der Waals surface area contributed by atoms with Crippen LogP contribution >= 0.6 is 23.1 Å². The molecule has 1 fully saturated rings. The maximum atomic E-state index is 13.1. The van der Waals surface area contributed by atoms with Crippen molar-refractivity contribution in [2.45, 2.75) is 24.5 Å². The van der Waals surface area contributed by atoms with Crippen LogP contribution in [-0.2, 0) is 32.3 Å². The quantitative estimate of drug-likeness (QED) is 0.0806. The third-order valence-corrected chi connectivity index (χ3v) is 8.20. The first-order valence-electron chi connectivity index (χ1n) is 12.0. The van der Waals surface area contributed by atoms with Crippen LogP contribution in [0.15, 0.2) is 46.3 Å². The monoisotopic (exact) mass is 600 g/mol. The number of carbonyl (C=O) groups is 3. The first kappa shape index (κ1) is 28.0. The van der Waals surface area contributed by atoms with E-state index in [1.165, 1.54) is 28.9 Å². The maximum Gasteiger partial charge on any atom is 0.276 e. The molecule has 2 atom stereocenters. The van der Waals surface area contributed by atoms with Gasteiger partial charge in [-0.05, 0) is 6.07 Å². The zero-order chi connectivity index (χ0) is 29.3. The number of aliphatic hydroxyl groups excluding tert-OH is 1. The number of aliphatic hydroxyl groups is 1. The molecule has 18 heteroatoms. The van der Waals surface area contributed by atoms with E-state index >= 15 is 0 Å². The van der Waals surface area contributed by atoms with Crippen molar-refractivity contribution in [2.24, 2.45) is 5.16 Å². The van der Waals surface area contributed by atoms with Gasteiger partial charge in [-0.2, -0.15) is 4.98 Å². The van der Waals surface area contributed by atoms with E-state index in [1.807, 2.05) is 0 Å². The molecule has 2 amide bonds. The van der Waals surface area contributed by atoms with E-state index in [2.05, 4.69) is 25.5 Å². The van der Waals surface area contributed by atoms with Crippen LogP contribution in [0.2, 0.25) is 0 Å². The lowest BCUT2D eigenvalue weighted by Crippen LogP contribution is -2.71. The summed E-state index contributed by atoms with van der Waals surface area (Å²) in [6.07, 6.45) is 3.45. The molecule has 6 N–H and O–H groups in total. The van der Waals surface area contributed by atoms with Gasteiger partial charge in [-0.1, -0.05) is 5.16 Å². The number of nitrogen functional groups attached to an aromatic ring is 2. The number of carboxylic acids is 1. The van der Waals surface area contributed by atoms with E-state index in [0.717, 1.165) is 16.2 Å². The number of pyridine rings is 1. The molecule has 0 bridgehead atoms. The Morgan fingerprint density at radius 3 is 2.85 bits per heavy atom. The number of hydrogen-bond acceptors (Lipinski definition) is 14. The van der Waals surface area contributed by atoms with Crippen LogP contribution < -0.4 is 26.5 Å². The number of amides is 2. The number of fused-ring (bicyclic) bond motifs is 1. The second-order valence-electron chi connectivity index (χ2n) is 8.80. The number of oxime groups is 1. The summed E-state index contributed by atoms with van der Waals surface area (Å²) >= 11 is 2.42. The number of hydrogen-bond donors (Lipinski definition) is 4. The number of carboxylic acid groups (broad SMARTS) is 1. The topological polar surface area (TPSA) is 231 Å². The highest BCUT2D eigenvalue weighted by atomic mass is 32.2. The molecule has 0 unspecified atom stereocenters. The van der Waals surface area contributed by atoms with E-state index in [-0.39, 0.29) is 53.6 Å². The number of rotatable bonds is 10. The summed E-state index contributed by atoms with van der Waals surface area (Å²) in [6.45, 7) is 0.181. The fourth-order valence-corrected chi connectivity index (χ4v) is 6.29. The number of nitrogens with zero attached hydrogens (tertiary/aromatic N) is 7. The van der Waals surface area contributed by atoms with Gasteiger partial charge >= 0.3 is 0 Å². The van der Waals surface area contributed by atoms with E-state index in [4.69, 9.17) is 21.4 Å². The number of β-lactam (4-membered cyclic amide) rings is 1. The smallest absolute Gasteiger partial charge is 0.276 e. The van der Waals surface area contributed by atoms with Crippen molar-refractivity contribution in [1.82, 2.24) is 30.0 Å². The number of aliphatic carboxylic acids is 1. The summed E-state index contributed by atoms with van der Waals surface area (Å²) in [7, 11) is 1.26. The lowest BCUT2D eigenvalue weighted by Gasteiger charge is -2.50. The molecule has 0 aromatic carbocycles. The predicted octanol–water partition coefficient (Wildman–Crippen LogP) is -2.70. The van der Waals surface area contributed by atoms with Gasteiger partial charge in [-0.25, -0.2) is 14.2 Å². The molecule has 3 aromatic heterocycles. The Bertz CT molecular complexity index is 1580. The lowest BCUT2D eigenvalue weighted by molar-refractivity contribution is -0.688. The van der Waals surface area contributed by atoms with Crippen molar-refractivity contribution in [3.63, 3.8) is 0 Å². The van der Waals surface area contributed by atoms with Gasteiger partial charge in [0.15, 0.2) is 35.6 Å². The zero-order valence-electron chi connectivity index (χ0n) is 21.5. The highest BCUT2D eigenvalue weighted by Crippen LogP contribution is 2.40. The Kier molecular flexibility index (Phi) is 7.86. The van der Waals surface area contributed by atoms with E-state index < -0.39 is 29.2 Å². The van der Waals surface area contributed by atoms with Gasteiger partial charge in [0.25, 0.3) is 11.8 Å². The molecule has 5 rings (SSSR count). The molecule has 0 aliphatic carbocycles. The molecular formula is C23H24N10O6S2. The maximum absolute atomic E-state index is 13.1. The number of anilines is 2. The Hall–Kier alpha value is -4.55. The third-order valence-electron chi connectivity index (χ3n) is 6.19. The van der Waals surface area contributed by atoms with Crippen LogP contribution in [0, 0.1) is 0 Å². The van der Waals surface area contributed by atoms with Crippen LogP contribution in [0.3, 0.4) is 0 Å². The Morgan fingerprint density at radius 1 is 1.37 bits per heavy atom. The molecular weight excluding hydrogens is 576 g/mol. The highest BCUT2D eigenvalue weighted by Gasteiger charge is 2.53. The van der Waals surface area contributed by atoms with E-state index in [9.17, 15) is 19.5 Å². The molecule has 214 valence electrons. The standard InChI is InChI=1S/C23H24N10O6S2/c1-39-30-14(13-10-41-23(25)26-13)18(35)27-15-19(36)33-16(21(37)38)12(9-40-20(15)33)8-31-4-2-3-11(7-31)17-28-22(24)32(29-17)5-6-34/h2-4,7,10,15,20,34H,5-6,8-9H2,1H3,(H5-,24,25,26,27,28,29,35,37,38)/b30-14+/t15-,20-/m1/s1. The molecule has 16 nitrogen and oxygen atoms in total. The third kappa shape index (κ3) is 5.43. The van der Waals surface area contributed by atoms with Crippen molar-refractivity contribution in [1.29, 1.82) is 0 Å². The summed E-state index contributed by atoms with van der Waals surface area (Å²) in [5, 5.41) is 33.1. The summed E-state index contributed by atoms with van der Waals surface area (Å²) in [6, 6.07) is 2.51. The minimum absolute atomic E-state index is 0.139. The van der Waals surface area contributed by atoms with E-state index in [0.29, 0.717) is 17.0 Å². The van der Waals surface area contributed by atoms with Crippen LogP contribution in [0.25, 0.3) is 11.4 Å². The van der Waals surface area contributed by atoms with Gasteiger partial charge in [-0.15, -0.1) is 28.2 Å². The average Bonchev–Trinajstić information content (AvgIpc) is 3.55. The van der Waals surface area contributed by atoms with Gasteiger partial charge in [0.05, 0.1) is 30.4 Å². The lowest BCUT2D eigenvalue weighted by atomic mass is 10.0. The van der Waals surface area contributed by atoms with E-state index in [1.54, 1.807) is 29.1 Å². The zero-order valence-corrected chi connectivity index (χ0v) is 23.1. The summed E-state index contributed by atoms with van der Waals surface area (Å²) in [5.74, 6) is -2.07. The molecule has 3 aromatic rings. The number of nitrogens with two attached hydrogens (primary N) is 2. The number of nitrogens with one attached hydrogen (secondary N) is 1. The molecule has 0 saturated carbocycles. The van der Waals surface area contributed by atoms with Gasteiger partial charge in [-0.3, -0.25) is 14.5 Å². The first-order chi connectivity index (χ1) is 19.7. The average molecular weight is 601 g/mol. The Balaban J connectivity index is 1.34. The Morgan fingerprint density at radius 2 is 2.17 bits per heavy atom. The fraction of sp³-hybridized carbons (Fsp3) is 0.304. The normalized spacial score (nSPS) is 18.6. The summed E-state index contributed by atoms with van der Waals surface area (Å²) in [5.41, 5.74) is 12.4. The van der Waals surface area contributed by atoms with Crippen molar-refractivity contribution in [2.75, 3.05) is 30.9 Å². The van der Waals surface area contributed by atoms with Crippen LogP contribution in [0.5, 0.6) is 0 Å². The number of carbonyl (C=O) groups excluding carboxylic acids is 3. The molecule has 2 aliphatic rings. The van der Waals surface area contributed by atoms with Crippen LogP contribution in [0.1, 0.15) is 5.69 Å². The minimum Gasteiger partial charge on any atom is -0.543 e. The molecule has 0 radical (unpaired) electrons. The molecule has 0 spiro atoms. The first-order valence-corrected chi connectivity index (χ1v) is 14.0. The van der Waals surface area contributed by atoms with Crippen molar-refractivity contribution >= 4 is 57.7 Å². The van der Waals surface area contributed by atoms with Crippen LogP contribution in [0.4, 0.5) is 11.1 Å².